The van der Waals surface area contributed by atoms with Gasteiger partial charge in [0.2, 0.25) is 0 Å². The first-order chi connectivity index (χ1) is 10.1. The molecule has 3 nitrogen and oxygen atoms in total. The summed E-state index contributed by atoms with van der Waals surface area (Å²) in [5.74, 6) is 0. The number of carbonyl (C=O) groups excluding carboxylic acids is 1. The van der Waals surface area contributed by atoms with Crippen molar-refractivity contribution in [1.82, 2.24) is 9.78 Å². The predicted octanol–water partition coefficient (Wildman–Crippen LogP) is 5.48. The highest BCUT2D eigenvalue weighted by Gasteiger charge is 2.16. The van der Waals surface area contributed by atoms with Gasteiger partial charge in [0.25, 0.3) is 0 Å². The normalized spacial score (nSPS) is 10.8. The number of rotatable bonds is 3. The highest BCUT2D eigenvalue weighted by Crippen LogP contribution is 2.35. The molecule has 3 rings (SSSR count). The van der Waals surface area contributed by atoms with Gasteiger partial charge in [0.1, 0.15) is 5.69 Å². The Balaban J connectivity index is 2.16. The van der Waals surface area contributed by atoms with E-state index in [0.29, 0.717) is 27.0 Å². The Bertz CT molecular complexity index is 828. The summed E-state index contributed by atoms with van der Waals surface area (Å²) in [6.45, 7) is 0. The van der Waals surface area contributed by atoms with Crippen LogP contribution in [0, 0.1) is 0 Å². The third-order valence-electron chi connectivity index (χ3n) is 2.86. The maximum absolute atomic E-state index is 11.3. The molecule has 3 aromatic rings. The van der Waals surface area contributed by atoms with E-state index in [1.165, 1.54) is 11.3 Å². The molecule has 21 heavy (non-hydrogen) atoms. The van der Waals surface area contributed by atoms with Crippen LogP contribution in [0.2, 0.25) is 10.0 Å². The topological polar surface area (TPSA) is 34.9 Å². The monoisotopic (exact) mass is 400 g/mol. The molecular formula is C14H7BrCl2N2OS. The van der Waals surface area contributed by atoms with E-state index in [1.807, 2.05) is 11.4 Å². The Kier molecular flexibility index (Phi) is 4.17. The first kappa shape index (κ1) is 14.8. The molecule has 0 bridgehead atoms. The number of carbonyl (C=O) groups is 1. The van der Waals surface area contributed by atoms with Gasteiger partial charge in [-0.1, -0.05) is 23.2 Å². The van der Waals surface area contributed by atoms with Gasteiger partial charge in [0, 0.05) is 15.7 Å². The second-order valence-electron chi connectivity index (χ2n) is 4.19. The van der Waals surface area contributed by atoms with Crippen molar-refractivity contribution in [2.75, 3.05) is 0 Å². The van der Waals surface area contributed by atoms with Crippen LogP contribution in [0.1, 0.15) is 10.4 Å². The minimum atomic E-state index is 0.472. The van der Waals surface area contributed by atoms with E-state index >= 15 is 0 Å². The van der Waals surface area contributed by atoms with E-state index in [2.05, 4.69) is 21.0 Å². The van der Waals surface area contributed by atoms with Gasteiger partial charge in [-0.2, -0.15) is 5.10 Å². The summed E-state index contributed by atoms with van der Waals surface area (Å²) in [6.07, 6.45) is 2.44. The van der Waals surface area contributed by atoms with Crippen molar-refractivity contribution in [2.45, 2.75) is 0 Å². The van der Waals surface area contributed by atoms with Crippen LogP contribution in [-0.2, 0) is 0 Å². The molecule has 0 amide bonds. The van der Waals surface area contributed by atoms with Crippen LogP contribution >= 0.6 is 50.5 Å². The quantitative estimate of drug-likeness (QED) is 0.544. The first-order valence-electron chi connectivity index (χ1n) is 5.84. The van der Waals surface area contributed by atoms with Gasteiger partial charge >= 0.3 is 0 Å². The number of hydrogen-bond donors (Lipinski definition) is 0. The molecule has 0 saturated heterocycles. The van der Waals surface area contributed by atoms with Gasteiger partial charge in [-0.25, -0.2) is 4.68 Å². The van der Waals surface area contributed by atoms with Crippen LogP contribution < -0.4 is 0 Å². The number of aromatic nitrogens is 2. The smallest absolute Gasteiger partial charge is 0.153 e. The van der Waals surface area contributed by atoms with Gasteiger partial charge in [-0.05, 0) is 45.6 Å². The minimum absolute atomic E-state index is 0.472. The molecule has 1 aromatic carbocycles. The Morgan fingerprint density at radius 1 is 1.29 bits per heavy atom. The molecule has 0 N–H and O–H groups in total. The minimum Gasteiger partial charge on any atom is -0.298 e. The highest BCUT2D eigenvalue weighted by molar-refractivity contribution is 9.10. The van der Waals surface area contributed by atoms with Crippen molar-refractivity contribution >= 4 is 56.8 Å². The number of thiophene rings is 1. The maximum Gasteiger partial charge on any atom is 0.153 e. The van der Waals surface area contributed by atoms with E-state index in [0.717, 1.165) is 15.6 Å². The van der Waals surface area contributed by atoms with E-state index in [1.54, 1.807) is 29.1 Å². The van der Waals surface area contributed by atoms with Crippen LogP contribution in [0.4, 0.5) is 0 Å². The van der Waals surface area contributed by atoms with Gasteiger partial charge in [-0.15, -0.1) is 11.3 Å². The average molecular weight is 402 g/mol. The van der Waals surface area contributed by atoms with Crippen molar-refractivity contribution in [2.24, 2.45) is 0 Å². The first-order valence-corrected chi connectivity index (χ1v) is 8.26. The molecule has 2 aromatic heterocycles. The molecule has 0 radical (unpaired) electrons. The summed E-state index contributed by atoms with van der Waals surface area (Å²) in [4.78, 5) is 12.2. The van der Waals surface area contributed by atoms with Crippen LogP contribution in [0.3, 0.4) is 0 Å². The van der Waals surface area contributed by atoms with E-state index in [9.17, 15) is 4.79 Å². The third kappa shape index (κ3) is 2.79. The predicted molar refractivity (Wildman–Crippen MR) is 90.0 cm³/mol. The van der Waals surface area contributed by atoms with Crippen LogP contribution in [0.15, 0.2) is 40.3 Å². The molecule has 0 aliphatic carbocycles. The van der Waals surface area contributed by atoms with Crippen molar-refractivity contribution in [3.8, 4) is 16.3 Å². The molecule has 2 heterocycles. The Hall–Kier alpha value is -1.14. The SMILES string of the molecule is O=Cc1cn(-c2ccc(Cl)cc2Cl)nc1-c1sccc1Br. The van der Waals surface area contributed by atoms with E-state index in [4.69, 9.17) is 23.2 Å². The summed E-state index contributed by atoms with van der Waals surface area (Å²) in [6, 6.07) is 7.05. The van der Waals surface area contributed by atoms with Gasteiger partial charge in [0.05, 0.1) is 21.2 Å². The molecule has 0 unspecified atom stereocenters. The van der Waals surface area contributed by atoms with E-state index in [-0.39, 0.29) is 0 Å². The number of aldehydes is 1. The van der Waals surface area contributed by atoms with E-state index < -0.39 is 0 Å². The number of halogens is 3. The average Bonchev–Trinajstić information content (AvgIpc) is 3.04. The lowest BCUT2D eigenvalue weighted by Gasteiger charge is -2.04. The lowest BCUT2D eigenvalue weighted by molar-refractivity contribution is 0.112. The Morgan fingerprint density at radius 3 is 2.71 bits per heavy atom. The fourth-order valence-electron chi connectivity index (χ4n) is 1.90. The molecule has 0 atom stereocenters. The van der Waals surface area contributed by atoms with Gasteiger partial charge in [-0.3, -0.25) is 4.79 Å². The van der Waals surface area contributed by atoms with Crippen molar-refractivity contribution in [3.05, 3.63) is 55.9 Å². The van der Waals surface area contributed by atoms with Crippen molar-refractivity contribution < 1.29 is 4.79 Å². The fraction of sp³-hybridized carbons (Fsp3) is 0. The lowest BCUT2D eigenvalue weighted by atomic mass is 10.2. The summed E-state index contributed by atoms with van der Waals surface area (Å²) < 4.78 is 2.49. The van der Waals surface area contributed by atoms with Gasteiger partial charge in [0.15, 0.2) is 6.29 Å². The van der Waals surface area contributed by atoms with Crippen LogP contribution in [0.25, 0.3) is 16.3 Å². The summed E-state index contributed by atoms with van der Waals surface area (Å²) >= 11 is 17.0. The molecule has 0 aliphatic heterocycles. The Morgan fingerprint density at radius 2 is 2.10 bits per heavy atom. The zero-order valence-corrected chi connectivity index (χ0v) is 14.3. The van der Waals surface area contributed by atoms with Crippen molar-refractivity contribution in [3.63, 3.8) is 0 Å². The van der Waals surface area contributed by atoms with Crippen LogP contribution in [0.5, 0.6) is 0 Å². The number of hydrogen-bond acceptors (Lipinski definition) is 3. The highest BCUT2D eigenvalue weighted by atomic mass is 79.9. The molecule has 0 saturated carbocycles. The van der Waals surface area contributed by atoms with Crippen LogP contribution in [-0.4, -0.2) is 16.1 Å². The molecule has 0 aliphatic rings. The third-order valence-corrected chi connectivity index (χ3v) is 5.24. The zero-order valence-electron chi connectivity index (χ0n) is 10.4. The maximum atomic E-state index is 11.3. The lowest BCUT2D eigenvalue weighted by Crippen LogP contribution is -1.95. The van der Waals surface area contributed by atoms with Gasteiger partial charge < -0.3 is 0 Å². The standard InChI is InChI=1S/C14H7BrCl2N2OS/c15-10-3-4-21-14(10)13-8(7-20)6-19(18-13)12-2-1-9(16)5-11(12)17/h1-7H. The summed E-state index contributed by atoms with van der Waals surface area (Å²) in [7, 11) is 0. The zero-order chi connectivity index (χ0) is 15.0. The Labute approximate surface area is 143 Å². The number of benzene rings is 1. The summed E-state index contributed by atoms with van der Waals surface area (Å²) in [5, 5.41) is 7.44. The molecule has 0 fully saturated rings. The second-order valence-corrected chi connectivity index (χ2v) is 6.80. The molecule has 7 heteroatoms. The molecular weight excluding hydrogens is 395 g/mol. The fourth-order valence-corrected chi connectivity index (χ4v) is 3.96. The molecule has 0 spiro atoms. The summed E-state index contributed by atoms with van der Waals surface area (Å²) in [5.41, 5.74) is 1.80. The number of nitrogens with zero attached hydrogens (tertiary/aromatic N) is 2. The second kappa shape index (κ2) is 5.93. The molecule has 106 valence electrons. The van der Waals surface area contributed by atoms with Crippen molar-refractivity contribution in [1.29, 1.82) is 0 Å². The largest absolute Gasteiger partial charge is 0.298 e.